The van der Waals surface area contributed by atoms with Crippen LogP contribution in [0.2, 0.25) is 0 Å². The van der Waals surface area contributed by atoms with E-state index >= 15 is 0 Å². The second-order valence-electron chi connectivity index (χ2n) is 4.07. The van der Waals surface area contributed by atoms with Crippen LogP contribution in [0.5, 0.6) is 0 Å². The van der Waals surface area contributed by atoms with Gasteiger partial charge in [-0.15, -0.1) is 0 Å². The van der Waals surface area contributed by atoms with Gasteiger partial charge in [-0.25, -0.2) is 0 Å². The first-order valence-corrected chi connectivity index (χ1v) is 7.06. The van der Waals surface area contributed by atoms with Gasteiger partial charge in [0.25, 0.3) is 0 Å². The van der Waals surface area contributed by atoms with Crippen LogP contribution in [0.15, 0.2) is 4.47 Å². The summed E-state index contributed by atoms with van der Waals surface area (Å²) < 4.78 is 3.11. The standard InChI is InChI=1S/C12H22BrN3O/c1-4-9(17)7-14-8-11-12(13)10(5-2)15-16(11)6-3/h9,14,17H,4-8H2,1-3H3. The zero-order valence-electron chi connectivity index (χ0n) is 10.8. The van der Waals surface area contributed by atoms with E-state index < -0.39 is 0 Å². The van der Waals surface area contributed by atoms with Crippen molar-refractivity contribution < 1.29 is 5.11 Å². The molecule has 0 aliphatic heterocycles. The van der Waals surface area contributed by atoms with Gasteiger partial charge in [-0.1, -0.05) is 13.8 Å². The van der Waals surface area contributed by atoms with Gasteiger partial charge >= 0.3 is 0 Å². The number of halogens is 1. The highest BCUT2D eigenvalue weighted by Crippen LogP contribution is 2.22. The molecule has 0 amide bonds. The maximum Gasteiger partial charge on any atom is 0.0767 e. The fourth-order valence-electron chi connectivity index (χ4n) is 1.69. The Morgan fingerprint density at radius 3 is 2.65 bits per heavy atom. The van der Waals surface area contributed by atoms with E-state index in [1.165, 1.54) is 0 Å². The first-order valence-electron chi connectivity index (χ1n) is 6.26. The van der Waals surface area contributed by atoms with Crippen LogP contribution >= 0.6 is 15.9 Å². The molecule has 1 atom stereocenters. The summed E-state index contributed by atoms with van der Waals surface area (Å²) in [6.07, 6.45) is 1.44. The van der Waals surface area contributed by atoms with E-state index in [1.807, 2.05) is 11.6 Å². The van der Waals surface area contributed by atoms with Gasteiger partial charge in [-0.05, 0) is 35.7 Å². The lowest BCUT2D eigenvalue weighted by Gasteiger charge is -2.10. The Labute approximate surface area is 112 Å². The van der Waals surface area contributed by atoms with Crippen molar-refractivity contribution in [3.63, 3.8) is 0 Å². The summed E-state index contributed by atoms with van der Waals surface area (Å²) >= 11 is 3.60. The Kier molecular flexibility index (Phi) is 6.16. The summed E-state index contributed by atoms with van der Waals surface area (Å²) in [6.45, 7) is 8.39. The molecule has 0 aromatic carbocycles. The van der Waals surface area contributed by atoms with Crippen molar-refractivity contribution in [2.75, 3.05) is 6.54 Å². The maximum atomic E-state index is 9.49. The molecule has 0 saturated heterocycles. The fourth-order valence-corrected chi connectivity index (χ4v) is 2.39. The first kappa shape index (κ1) is 14.7. The lowest BCUT2D eigenvalue weighted by atomic mass is 10.2. The highest BCUT2D eigenvalue weighted by Gasteiger charge is 2.13. The number of hydrogen-bond acceptors (Lipinski definition) is 3. The molecule has 1 aromatic heterocycles. The normalized spacial score (nSPS) is 13.0. The molecule has 0 aliphatic rings. The predicted octanol–water partition coefficient (Wildman–Crippen LogP) is 2.09. The van der Waals surface area contributed by atoms with Crippen molar-refractivity contribution in [3.05, 3.63) is 15.9 Å². The minimum atomic E-state index is -0.266. The molecule has 1 rings (SSSR count). The van der Waals surface area contributed by atoms with Gasteiger partial charge in [0.1, 0.15) is 0 Å². The lowest BCUT2D eigenvalue weighted by molar-refractivity contribution is 0.166. The minimum Gasteiger partial charge on any atom is -0.392 e. The molecule has 17 heavy (non-hydrogen) atoms. The number of hydrogen-bond donors (Lipinski definition) is 2. The molecule has 4 nitrogen and oxygen atoms in total. The van der Waals surface area contributed by atoms with Crippen molar-refractivity contribution in [1.82, 2.24) is 15.1 Å². The Morgan fingerprint density at radius 2 is 2.12 bits per heavy atom. The average molecular weight is 304 g/mol. The third-order valence-corrected chi connectivity index (χ3v) is 3.75. The van der Waals surface area contributed by atoms with Crippen LogP contribution in [-0.4, -0.2) is 27.5 Å². The van der Waals surface area contributed by atoms with Gasteiger partial charge in [0.05, 0.1) is 22.0 Å². The highest BCUT2D eigenvalue weighted by atomic mass is 79.9. The number of aromatic nitrogens is 2. The van der Waals surface area contributed by atoms with Gasteiger partial charge < -0.3 is 10.4 Å². The summed E-state index contributed by atoms with van der Waals surface area (Å²) in [4.78, 5) is 0. The molecule has 0 bridgehead atoms. The van der Waals surface area contributed by atoms with Crippen molar-refractivity contribution in [3.8, 4) is 0 Å². The van der Waals surface area contributed by atoms with Gasteiger partial charge in [0.15, 0.2) is 0 Å². The third kappa shape index (κ3) is 3.79. The molecule has 0 aliphatic carbocycles. The second-order valence-corrected chi connectivity index (χ2v) is 4.86. The zero-order valence-corrected chi connectivity index (χ0v) is 12.4. The number of nitrogens with zero attached hydrogens (tertiary/aromatic N) is 2. The highest BCUT2D eigenvalue weighted by molar-refractivity contribution is 9.10. The molecule has 1 unspecified atom stereocenters. The van der Waals surface area contributed by atoms with Gasteiger partial charge in [0.2, 0.25) is 0 Å². The quantitative estimate of drug-likeness (QED) is 0.811. The van der Waals surface area contributed by atoms with Crippen LogP contribution < -0.4 is 5.32 Å². The molecule has 1 aromatic rings. The summed E-state index contributed by atoms with van der Waals surface area (Å²) in [5.74, 6) is 0. The molecule has 0 fully saturated rings. The van der Waals surface area contributed by atoms with Crippen LogP contribution in [0.3, 0.4) is 0 Å². The Balaban J connectivity index is 2.66. The topological polar surface area (TPSA) is 50.1 Å². The Morgan fingerprint density at radius 1 is 1.41 bits per heavy atom. The van der Waals surface area contributed by atoms with E-state index in [-0.39, 0.29) is 6.10 Å². The predicted molar refractivity (Wildman–Crippen MR) is 73.0 cm³/mol. The molecule has 0 radical (unpaired) electrons. The second kappa shape index (κ2) is 7.13. The van der Waals surface area contributed by atoms with Crippen LogP contribution in [0.1, 0.15) is 38.6 Å². The third-order valence-electron chi connectivity index (χ3n) is 2.84. The number of nitrogens with one attached hydrogen (secondary N) is 1. The van der Waals surface area contributed by atoms with Crippen LogP contribution in [0.4, 0.5) is 0 Å². The van der Waals surface area contributed by atoms with Crippen molar-refractivity contribution >= 4 is 15.9 Å². The molecule has 5 heteroatoms. The van der Waals surface area contributed by atoms with Crippen molar-refractivity contribution in [2.24, 2.45) is 0 Å². The van der Waals surface area contributed by atoms with E-state index in [0.29, 0.717) is 6.54 Å². The molecule has 98 valence electrons. The summed E-state index contributed by atoms with van der Waals surface area (Å²) in [6, 6.07) is 0. The molecular formula is C12H22BrN3O. The van der Waals surface area contributed by atoms with Gasteiger partial charge in [-0.3, -0.25) is 4.68 Å². The largest absolute Gasteiger partial charge is 0.392 e. The van der Waals surface area contributed by atoms with E-state index in [4.69, 9.17) is 0 Å². The maximum absolute atomic E-state index is 9.49. The SMILES string of the molecule is CCc1nn(CC)c(CNCC(O)CC)c1Br. The molecular weight excluding hydrogens is 282 g/mol. The fraction of sp³-hybridized carbons (Fsp3) is 0.750. The van der Waals surface area contributed by atoms with E-state index in [1.54, 1.807) is 0 Å². The summed E-state index contributed by atoms with van der Waals surface area (Å²) in [7, 11) is 0. The first-order chi connectivity index (χ1) is 8.13. The average Bonchev–Trinajstić information content (AvgIpc) is 2.65. The Hall–Kier alpha value is -0.390. The van der Waals surface area contributed by atoms with Gasteiger partial charge in [-0.2, -0.15) is 5.10 Å². The van der Waals surface area contributed by atoms with E-state index in [2.05, 4.69) is 40.2 Å². The van der Waals surface area contributed by atoms with Crippen LogP contribution in [-0.2, 0) is 19.5 Å². The van der Waals surface area contributed by atoms with Crippen molar-refractivity contribution in [1.29, 1.82) is 0 Å². The van der Waals surface area contributed by atoms with E-state index in [9.17, 15) is 5.11 Å². The van der Waals surface area contributed by atoms with E-state index in [0.717, 1.165) is 41.8 Å². The zero-order chi connectivity index (χ0) is 12.8. The molecule has 2 N–H and O–H groups in total. The Bertz CT molecular complexity index is 352. The number of aliphatic hydroxyl groups excluding tert-OH is 1. The molecule has 1 heterocycles. The summed E-state index contributed by atoms with van der Waals surface area (Å²) in [5.41, 5.74) is 2.26. The van der Waals surface area contributed by atoms with Crippen LogP contribution in [0, 0.1) is 0 Å². The monoisotopic (exact) mass is 303 g/mol. The van der Waals surface area contributed by atoms with Gasteiger partial charge in [0, 0.05) is 19.6 Å². The minimum absolute atomic E-state index is 0.266. The van der Waals surface area contributed by atoms with Crippen LogP contribution in [0.25, 0.3) is 0 Å². The number of aliphatic hydroxyl groups is 1. The number of rotatable bonds is 7. The molecule has 0 spiro atoms. The van der Waals surface area contributed by atoms with Crippen molar-refractivity contribution in [2.45, 2.75) is 52.8 Å². The smallest absolute Gasteiger partial charge is 0.0767 e. The lowest BCUT2D eigenvalue weighted by Crippen LogP contribution is -2.26. The molecule has 0 saturated carbocycles. The summed E-state index contributed by atoms with van der Waals surface area (Å²) in [5, 5.41) is 17.3. The number of aryl methyl sites for hydroxylation is 2.